The van der Waals surface area contributed by atoms with E-state index >= 15 is 0 Å². The molecule has 2 rings (SSSR count). The number of aromatic nitrogens is 1. The lowest BCUT2D eigenvalue weighted by Gasteiger charge is -2.34. The van der Waals surface area contributed by atoms with Gasteiger partial charge < -0.3 is 15.1 Å². The van der Waals surface area contributed by atoms with Gasteiger partial charge in [-0.05, 0) is 6.42 Å². The molecule has 7 heteroatoms. The lowest BCUT2D eigenvalue weighted by molar-refractivity contribution is 0.408. The zero-order valence-electron chi connectivity index (χ0n) is 13.3. The Hall–Kier alpha value is -0.950. The van der Waals surface area contributed by atoms with Crippen molar-refractivity contribution in [1.29, 1.82) is 0 Å². The van der Waals surface area contributed by atoms with Gasteiger partial charge >= 0.3 is 0 Å². The Kier molecular flexibility index (Phi) is 6.17. The van der Waals surface area contributed by atoms with Gasteiger partial charge in [0.25, 0.3) is 0 Å². The van der Waals surface area contributed by atoms with E-state index in [4.69, 9.17) is 0 Å². The van der Waals surface area contributed by atoms with E-state index in [-0.39, 0.29) is 0 Å². The Morgan fingerprint density at radius 3 is 3.00 bits per heavy atom. The van der Waals surface area contributed by atoms with E-state index in [0.29, 0.717) is 0 Å². The molecule has 1 unspecified atom stereocenters. The van der Waals surface area contributed by atoms with Crippen molar-refractivity contribution in [3.63, 3.8) is 0 Å². The van der Waals surface area contributed by atoms with E-state index in [2.05, 4.69) is 44.3 Å². The molecule has 1 saturated heterocycles. The number of nitrogens with one attached hydrogen (secondary N) is 1. The quantitative estimate of drug-likeness (QED) is 0.678. The maximum atomic E-state index is 4.60. The predicted molar refractivity (Wildman–Crippen MR) is 94.7 cm³/mol. The average molecular weight is 328 g/mol. The van der Waals surface area contributed by atoms with Crippen molar-refractivity contribution in [2.45, 2.75) is 25.1 Å². The monoisotopic (exact) mass is 327 g/mol. The molecule has 118 valence electrons. The maximum Gasteiger partial charge on any atom is 0.194 e. The lowest BCUT2D eigenvalue weighted by Crippen LogP contribution is -2.47. The van der Waals surface area contributed by atoms with Crippen molar-refractivity contribution in [2.24, 2.45) is 4.99 Å². The fraction of sp³-hybridized carbons (Fsp3) is 0.714. The molecule has 0 aliphatic carbocycles. The summed E-state index contributed by atoms with van der Waals surface area (Å²) in [6, 6.07) is 0. The third-order valence-electron chi connectivity index (χ3n) is 3.46. The second kappa shape index (κ2) is 7.89. The molecule has 5 nitrogen and oxygen atoms in total. The van der Waals surface area contributed by atoms with Gasteiger partial charge in [0.1, 0.15) is 0 Å². The number of hydrogen-bond acceptors (Lipinski definition) is 5. The number of thiazole rings is 1. The molecule has 1 aliphatic rings. The van der Waals surface area contributed by atoms with Crippen LogP contribution in [-0.4, -0.2) is 61.1 Å². The van der Waals surface area contributed by atoms with Crippen molar-refractivity contribution in [1.82, 2.24) is 15.2 Å². The van der Waals surface area contributed by atoms with Gasteiger partial charge in [-0.15, -0.1) is 11.3 Å². The highest BCUT2D eigenvalue weighted by Gasteiger charge is 2.21. The van der Waals surface area contributed by atoms with E-state index in [9.17, 15) is 0 Å². The van der Waals surface area contributed by atoms with Crippen LogP contribution in [0, 0.1) is 0 Å². The smallest absolute Gasteiger partial charge is 0.194 e. The zero-order valence-corrected chi connectivity index (χ0v) is 14.9. The van der Waals surface area contributed by atoms with Gasteiger partial charge in [-0.2, -0.15) is 11.8 Å². The molecule has 0 spiro atoms. The molecule has 1 aromatic rings. The maximum absolute atomic E-state index is 4.60. The molecule has 0 radical (unpaired) electrons. The van der Waals surface area contributed by atoms with Crippen LogP contribution in [0.5, 0.6) is 0 Å². The highest BCUT2D eigenvalue weighted by molar-refractivity contribution is 8.00. The van der Waals surface area contributed by atoms with Crippen LogP contribution < -0.4 is 10.2 Å². The summed E-state index contributed by atoms with van der Waals surface area (Å²) in [5.41, 5.74) is 1.07. The van der Waals surface area contributed by atoms with E-state index in [0.717, 1.165) is 41.7 Å². The predicted octanol–water partition coefficient (Wildman–Crippen LogP) is 2.11. The standard InChI is InChI=1S/C14H25N5S2/c1-5-12-9-19(6-7-20-12)13(15-2)16-8-11-10-21-14(17-11)18(3)4/h10,12H,5-9H2,1-4H3,(H,15,16). The van der Waals surface area contributed by atoms with Gasteiger partial charge in [0.05, 0.1) is 12.2 Å². The first-order chi connectivity index (χ1) is 10.1. The van der Waals surface area contributed by atoms with Crippen LogP contribution in [-0.2, 0) is 6.54 Å². The minimum absolute atomic E-state index is 0.719. The van der Waals surface area contributed by atoms with Crippen LogP contribution >= 0.6 is 23.1 Å². The molecule has 1 aliphatic heterocycles. The first-order valence-corrected chi connectivity index (χ1v) is 9.25. The van der Waals surface area contributed by atoms with Gasteiger partial charge in [0, 0.05) is 50.6 Å². The molecule has 21 heavy (non-hydrogen) atoms. The van der Waals surface area contributed by atoms with Gasteiger partial charge in [-0.25, -0.2) is 4.98 Å². The summed E-state index contributed by atoms with van der Waals surface area (Å²) in [5.74, 6) is 2.17. The van der Waals surface area contributed by atoms with Crippen LogP contribution in [0.2, 0.25) is 0 Å². The number of rotatable bonds is 4. The average Bonchev–Trinajstić information content (AvgIpc) is 2.97. The Morgan fingerprint density at radius 1 is 1.57 bits per heavy atom. The molecule has 0 bridgehead atoms. The van der Waals surface area contributed by atoms with Crippen LogP contribution in [0.15, 0.2) is 10.4 Å². The second-order valence-corrected chi connectivity index (χ2v) is 7.51. The number of aliphatic imine (C=N–C) groups is 1. The molecule has 1 atom stereocenters. The Bertz CT molecular complexity index is 472. The molecule has 0 amide bonds. The third-order valence-corrected chi connectivity index (χ3v) is 5.88. The first-order valence-electron chi connectivity index (χ1n) is 7.33. The fourth-order valence-electron chi connectivity index (χ4n) is 2.24. The lowest BCUT2D eigenvalue weighted by atomic mass is 10.3. The van der Waals surface area contributed by atoms with E-state index in [1.54, 1.807) is 11.3 Å². The largest absolute Gasteiger partial charge is 0.354 e. The van der Waals surface area contributed by atoms with Gasteiger partial charge in [0.2, 0.25) is 0 Å². The minimum atomic E-state index is 0.719. The normalized spacial score (nSPS) is 19.7. The molecule has 1 N–H and O–H groups in total. The summed E-state index contributed by atoms with van der Waals surface area (Å²) in [7, 11) is 5.90. The molecule has 2 heterocycles. The topological polar surface area (TPSA) is 43.8 Å². The van der Waals surface area contributed by atoms with Crippen molar-refractivity contribution in [3.05, 3.63) is 11.1 Å². The van der Waals surface area contributed by atoms with Gasteiger partial charge in [0.15, 0.2) is 11.1 Å². The molecule has 0 saturated carbocycles. The highest BCUT2D eigenvalue weighted by Crippen LogP contribution is 2.21. The molecular formula is C14H25N5S2. The van der Waals surface area contributed by atoms with Crippen molar-refractivity contribution in [2.75, 3.05) is 44.9 Å². The van der Waals surface area contributed by atoms with E-state index in [1.165, 1.54) is 12.2 Å². The zero-order chi connectivity index (χ0) is 15.2. The van der Waals surface area contributed by atoms with Crippen molar-refractivity contribution in [3.8, 4) is 0 Å². The minimum Gasteiger partial charge on any atom is -0.354 e. The molecule has 1 fully saturated rings. The Labute approximate surface area is 135 Å². The highest BCUT2D eigenvalue weighted by atomic mass is 32.2. The SMILES string of the molecule is CCC1CN(C(=NC)NCc2csc(N(C)C)n2)CCS1. The van der Waals surface area contributed by atoms with Crippen LogP contribution in [0.25, 0.3) is 0 Å². The van der Waals surface area contributed by atoms with Crippen LogP contribution in [0.1, 0.15) is 19.0 Å². The van der Waals surface area contributed by atoms with Gasteiger partial charge in [-0.1, -0.05) is 6.92 Å². The first kappa shape index (κ1) is 16.4. The van der Waals surface area contributed by atoms with Crippen LogP contribution in [0.4, 0.5) is 5.13 Å². The Morgan fingerprint density at radius 2 is 2.38 bits per heavy atom. The summed E-state index contributed by atoms with van der Waals surface area (Å²) < 4.78 is 0. The van der Waals surface area contributed by atoms with E-state index < -0.39 is 0 Å². The van der Waals surface area contributed by atoms with Crippen LogP contribution in [0.3, 0.4) is 0 Å². The molecule has 1 aromatic heterocycles. The molecular weight excluding hydrogens is 302 g/mol. The summed E-state index contributed by atoms with van der Waals surface area (Å²) >= 11 is 3.75. The number of anilines is 1. The summed E-state index contributed by atoms with van der Waals surface area (Å²) in [5, 5.41) is 7.32. The summed E-state index contributed by atoms with van der Waals surface area (Å²) in [6.07, 6.45) is 1.22. The fourth-order valence-corrected chi connectivity index (χ4v) is 4.18. The number of thioether (sulfide) groups is 1. The second-order valence-electron chi connectivity index (χ2n) is 5.26. The van der Waals surface area contributed by atoms with Gasteiger partial charge in [-0.3, -0.25) is 4.99 Å². The number of hydrogen-bond donors (Lipinski definition) is 1. The summed E-state index contributed by atoms with van der Waals surface area (Å²) in [6.45, 7) is 5.15. The Balaban J connectivity index is 1.90. The number of nitrogens with zero attached hydrogens (tertiary/aromatic N) is 4. The summed E-state index contributed by atoms with van der Waals surface area (Å²) in [4.78, 5) is 13.4. The van der Waals surface area contributed by atoms with E-state index in [1.807, 2.05) is 26.0 Å². The van der Waals surface area contributed by atoms with Crippen molar-refractivity contribution >= 4 is 34.2 Å². The third kappa shape index (κ3) is 4.51. The van der Waals surface area contributed by atoms with Crippen molar-refractivity contribution < 1.29 is 0 Å². The number of guanidine groups is 1. The molecule has 0 aromatic carbocycles.